The Hall–Kier alpha value is -0.710. The molecule has 0 radical (unpaired) electrons. The third kappa shape index (κ3) is 2.77. The molecule has 0 aromatic carbocycles. The van der Waals surface area contributed by atoms with Crippen LogP contribution in [0.5, 0.6) is 0 Å². The van der Waals surface area contributed by atoms with Crippen molar-refractivity contribution in [3.63, 3.8) is 0 Å². The van der Waals surface area contributed by atoms with Crippen LogP contribution in [0.15, 0.2) is 17.2 Å². The topological polar surface area (TPSA) is 43.8 Å². The van der Waals surface area contributed by atoms with Gasteiger partial charge in [-0.1, -0.05) is 13.8 Å². The van der Waals surface area contributed by atoms with E-state index in [1.807, 2.05) is 18.0 Å². The van der Waals surface area contributed by atoms with Gasteiger partial charge in [0, 0.05) is 45.4 Å². The summed E-state index contributed by atoms with van der Waals surface area (Å²) in [5.74, 6) is 0.442. The maximum Gasteiger partial charge on any atom is 0.0534 e. The van der Waals surface area contributed by atoms with Crippen LogP contribution in [0.1, 0.15) is 56.8 Å². The van der Waals surface area contributed by atoms with Gasteiger partial charge in [0.1, 0.15) is 0 Å². The monoisotopic (exact) mass is 363 g/mol. The number of fused-ring (bicyclic) bond motifs is 3. The molecule has 3 nitrogen and oxygen atoms in total. The van der Waals surface area contributed by atoms with E-state index in [-0.39, 0.29) is 11.4 Å². The average molecular weight is 364 g/mol. The predicted molar refractivity (Wildman–Crippen MR) is 103 cm³/mol. The predicted octanol–water partition coefficient (Wildman–Crippen LogP) is 4.69. The molecule has 0 bridgehead atoms. The molecule has 3 atom stereocenters. The molecule has 3 heterocycles. The number of hydrogen-bond acceptors (Lipinski definition) is 3. The average Bonchev–Trinajstić information content (AvgIpc) is 3.13. The summed E-state index contributed by atoms with van der Waals surface area (Å²) in [6.45, 7) is 5.63. The number of rotatable bonds is 3. The van der Waals surface area contributed by atoms with E-state index in [1.54, 1.807) is 0 Å². The van der Waals surface area contributed by atoms with E-state index in [0.29, 0.717) is 11.2 Å². The number of nitrogens with two attached hydrogens (primary N) is 1. The van der Waals surface area contributed by atoms with E-state index in [2.05, 4.69) is 24.5 Å². The Morgan fingerprint density at radius 2 is 2.21 bits per heavy atom. The highest BCUT2D eigenvalue weighted by atomic mass is 35.5. The lowest BCUT2D eigenvalue weighted by Crippen LogP contribution is -2.38. The van der Waals surface area contributed by atoms with Crippen molar-refractivity contribution in [2.75, 3.05) is 0 Å². The third-order valence-electron chi connectivity index (χ3n) is 5.45. The fourth-order valence-electron chi connectivity index (χ4n) is 4.21. The van der Waals surface area contributed by atoms with Crippen molar-refractivity contribution in [3.05, 3.63) is 23.7 Å². The largest absolute Gasteiger partial charge is 0.343 e. The van der Waals surface area contributed by atoms with Crippen LogP contribution in [-0.2, 0) is 13.0 Å². The van der Waals surface area contributed by atoms with Crippen molar-refractivity contribution in [1.29, 1.82) is 0 Å². The highest BCUT2D eigenvalue weighted by molar-refractivity contribution is 8.00. The fraction of sp³-hybridized carbons (Fsp3) is 0.632. The Bertz CT molecular complexity index is 755. The zero-order valence-electron chi connectivity index (χ0n) is 14.5. The molecule has 1 fully saturated rings. The first-order valence-corrected chi connectivity index (χ1v) is 10.4. The maximum atomic E-state index is 6.32. The smallest absolute Gasteiger partial charge is 0.0534 e. The van der Waals surface area contributed by atoms with E-state index in [0.717, 1.165) is 25.8 Å². The fourth-order valence-corrected chi connectivity index (χ4v) is 6.02. The van der Waals surface area contributed by atoms with Crippen LogP contribution in [0.25, 0.3) is 10.9 Å². The molecule has 130 valence electrons. The first kappa shape index (κ1) is 16.7. The van der Waals surface area contributed by atoms with E-state index < -0.39 is 0 Å². The molecule has 2 N–H and O–H groups in total. The van der Waals surface area contributed by atoms with E-state index in [9.17, 15) is 0 Å². The second-order valence-electron chi connectivity index (χ2n) is 7.51. The number of hydrogen-bond donors (Lipinski definition) is 1. The van der Waals surface area contributed by atoms with Crippen LogP contribution in [-0.4, -0.2) is 26.2 Å². The zero-order valence-corrected chi connectivity index (χ0v) is 16.0. The first-order valence-electron chi connectivity index (χ1n) is 9.12. The number of nitrogens with zero attached hydrogens (tertiary/aromatic N) is 2. The summed E-state index contributed by atoms with van der Waals surface area (Å²) in [5.41, 5.74) is 10.4. The molecule has 2 aliphatic rings. The van der Waals surface area contributed by atoms with Gasteiger partial charge in [-0.15, -0.1) is 23.4 Å². The van der Waals surface area contributed by atoms with Crippen molar-refractivity contribution in [3.8, 4) is 0 Å². The molecule has 0 spiro atoms. The van der Waals surface area contributed by atoms with Crippen molar-refractivity contribution in [1.82, 2.24) is 9.55 Å². The lowest BCUT2D eigenvalue weighted by atomic mass is 9.95. The second kappa shape index (κ2) is 6.54. The Kier molecular flexibility index (Phi) is 4.57. The highest BCUT2D eigenvalue weighted by Gasteiger charge is 2.31. The molecule has 5 heteroatoms. The van der Waals surface area contributed by atoms with E-state index in [4.69, 9.17) is 22.3 Å². The molecule has 1 unspecified atom stereocenters. The number of aromatic nitrogens is 2. The van der Waals surface area contributed by atoms with Crippen molar-refractivity contribution in [2.24, 2.45) is 5.73 Å². The number of aryl methyl sites for hydroxylation is 1. The summed E-state index contributed by atoms with van der Waals surface area (Å²) < 4.78 is 2.53. The molecular formula is C19H26ClN3S. The minimum absolute atomic E-state index is 0.127. The SMILES string of the molecule is CC(C)c1nccc2c1c(S[C@H]1CC[C@@H](Cl)C(N)C1)c1n2CCC1. The summed E-state index contributed by atoms with van der Waals surface area (Å²) >= 11 is 8.37. The van der Waals surface area contributed by atoms with Gasteiger partial charge in [-0.2, -0.15) is 0 Å². The molecular weight excluding hydrogens is 338 g/mol. The van der Waals surface area contributed by atoms with Crippen LogP contribution in [0, 0.1) is 0 Å². The number of thioether (sulfide) groups is 1. The number of halogens is 1. The third-order valence-corrected chi connectivity index (χ3v) is 7.43. The molecule has 2 aromatic heterocycles. The van der Waals surface area contributed by atoms with Gasteiger partial charge in [0.05, 0.1) is 11.2 Å². The Morgan fingerprint density at radius 1 is 1.38 bits per heavy atom. The minimum Gasteiger partial charge on any atom is -0.343 e. The van der Waals surface area contributed by atoms with Crippen LogP contribution >= 0.6 is 23.4 Å². The van der Waals surface area contributed by atoms with Crippen LogP contribution in [0.2, 0.25) is 0 Å². The molecule has 1 aliphatic heterocycles. The molecule has 0 amide bonds. The van der Waals surface area contributed by atoms with Crippen molar-refractivity contribution in [2.45, 2.75) is 80.0 Å². The van der Waals surface area contributed by atoms with Gasteiger partial charge >= 0.3 is 0 Å². The summed E-state index contributed by atoms with van der Waals surface area (Å²) in [6.07, 6.45) is 7.63. The molecule has 2 aromatic rings. The molecule has 1 saturated carbocycles. The lowest BCUT2D eigenvalue weighted by Gasteiger charge is -2.30. The van der Waals surface area contributed by atoms with E-state index >= 15 is 0 Å². The summed E-state index contributed by atoms with van der Waals surface area (Å²) in [7, 11) is 0. The van der Waals surface area contributed by atoms with Gasteiger partial charge in [0.25, 0.3) is 0 Å². The Labute approximate surface area is 153 Å². The summed E-state index contributed by atoms with van der Waals surface area (Å²) in [5, 5.41) is 2.12. The summed E-state index contributed by atoms with van der Waals surface area (Å²) in [4.78, 5) is 6.20. The van der Waals surface area contributed by atoms with Gasteiger partial charge in [-0.3, -0.25) is 4.98 Å². The standard InChI is InChI=1S/C19H26ClN3S/c1-11(2)18-17-15(7-8-22-18)23-9-3-4-16(23)19(17)24-12-5-6-13(20)14(21)10-12/h7-8,11-14H,3-6,9-10,21H2,1-2H3/t12-,13+,14?/m0/s1. The quantitative estimate of drug-likeness (QED) is 0.805. The van der Waals surface area contributed by atoms with Gasteiger partial charge < -0.3 is 10.3 Å². The summed E-state index contributed by atoms with van der Waals surface area (Å²) in [6, 6.07) is 2.32. The highest BCUT2D eigenvalue weighted by Crippen LogP contribution is 2.45. The minimum atomic E-state index is 0.127. The normalized spacial score (nSPS) is 27.1. The van der Waals surface area contributed by atoms with Crippen molar-refractivity contribution >= 4 is 34.3 Å². The van der Waals surface area contributed by atoms with Crippen LogP contribution in [0.3, 0.4) is 0 Å². The molecule has 1 aliphatic carbocycles. The van der Waals surface area contributed by atoms with Gasteiger partial charge in [-0.25, -0.2) is 0 Å². The second-order valence-corrected chi connectivity index (χ2v) is 9.38. The number of alkyl halides is 1. The van der Waals surface area contributed by atoms with E-state index in [1.165, 1.54) is 40.0 Å². The first-order chi connectivity index (χ1) is 11.6. The van der Waals surface area contributed by atoms with Gasteiger partial charge in [0.2, 0.25) is 0 Å². The van der Waals surface area contributed by atoms with Crippen LogP contribution in [0.4, 0.5) is 0 Å². The van der Waals surface area contributed by atoms with Gasteiger partial charge in [-0.05, 0) is 44.1 Å². The molecule has 4 rings (SSSR count). The van der Waals surface area contributed by atoms with Crippen LogP contribution < -0.4 is 5.73 Å². The lowest BCUT2D eigenvalue weighted by molar-refractivity contribution is 0.458. The Morgan fingerprint density at radius 3 is 2.96 bits per heavy atom. The zero-order chi connectivity index (χ0) is 16.8. The molecule has 24 heavy (non-hydrogen) atoms. The van der Waals surface area contributed by atoms with Gasteiger partial charge in [0.15, 0.2) is 0 Å². The number of pyridine rings is 1. The molecule has 0 saturated heterocycles. The maximum absolute atomic E-state index is 6.32. The van der Waals surface area contributed by atoms with Crippen molar-refractivity contribution < 1.29 is 0 Å². The Balaban J connectivity index is 1.77.